The summed E-state index contributed by atoms with van der Waals surface area (Å²) in [6.07, 6.45) is 4.66. The van der Waals surface area contributed by atoms with Gasteiger partial charge in [0.1, 0.15) is 0 Å². The summed E-state index contributed by atoms with van der Waals surface area (Å²) in [5.41, 5.74) is 0. The monoisotopic (exact) mass is 341 g/mol. The van der Waals surface area contributed by atoms with Gasteiger partial charge < -0.3 is 20.1 Å². The third kappa shape index (κ3) is 4.46. The lowest BCUT2D eigenvalue weighted by Gasteiger charge is -2.37. The molecule has 7 heteroatoms. The van der Waals surface area contributed by atoms with Crippen LogP contribution in [0.25, 0.3) is 0 Å². The van der Waals surface area contributed by atoms with Gasteiger partial charge in [0.05, 0.1) is 19.1 Å². The summed E-state index contributed by atoms with van der Waals surface area (Å²) in [4.78, 5) is 26.0. The lowest BCUT2D eigenvalue weighted by atomic mass is 9.79. The minimum atomic E-state index is -0.429. The van der Waals surface area contributed by atoms with Crippen LogP contribution >= 0.6 is 0 Å². The van der Waals surface area contributed by atoms with Crippen LogP contribution in [0.5, 0.6) is 0 Å². The van der Waals surface area contributed by atoms with Crippen molar-refractivity contribution >= 4 is 11.9 Å². The van der Waals surface area contributed by atoms with Gasteiger partial charge in [0.15, 0.2) is 5.79 Å². The zero-order valence-corrected chi connectivity index (χ0v) is 15.1. The SMILES string of the molecule is CCN(C(=O)NC)C(=O)C(CNC)CC1CCCC2(C1)OCCO2. The van der Waals surface area contributed by atoms with Crippen molar-refractivity contribution in [3.63, 3.8) is 0 Å². The van der Waals surface area contributed by atoms with E-state index in [1.807, 2.05) is 14.0 Å². The first-order chi connectivity index (χ1) is 11.5. The molecule has 1 aliphatic carbocycles. The smallest absolute Gasteiger partial charge is 0.323 e. The Bertz CT molecular complexity index is 438. The molecule has 1 aliphatic heterocycles. The van der Waals surface area contributed by atoms with Gasteiger partial charge in [0.25, 0.3) is 0 Å². The Balaban J connectivity index is 2.01. The standard InChI is InChI=1S/C17H31N3O4/c1-4-20(16(22)19-3)15(21)14(12-18-2)10-13-6-5-7-17(11-13)23-8-9-24-17/h13-14,18H,4-12H2,1-3H3,(H,19,22). The van der Waals surface area contributed by atoms with Crippen molar-refractivity contribution in [1.82, 2.24) is 15.5 Å². The van der Waals surface area contributed by atoms with Crippen molar-refractivity contribution in [2.45, 2.75) is 44.8 Å². The molecule has 1 saturated carbocycles. The van der Waals surface area contributed by atoms with Crippen molar-refractivity contribution in [2.24, 2.45) is 11.8 Å². The van der Waals surface area contributed by atoms with E-state index >= 15 is 0 Å². The summed E-state index contributed by atoms with van der Waals surface area (Å²) >= 11 is 0. The van der Waals surface area contributed by atoms with E-state index in [1.165, 1.54) is 4.90 Å². The fraction of sp³-hybridized carbons (Fsp3) is 0.882. The highest BCUT2D eigenvalue weighted by Gasteiger charge is 2.42. The molecule has 2 rings (SSSR count). The summed E-state index contributed by atoms with van der Waals surface area (Å²) < 4.78 is 11.7. The molecule has 3 amide bonds. The Kier molecular flexibility index (Phi) is 7.01. The average molecular weight is 341 g/mol. The number of carbonyl (C=O) groups is 2. The van der Waals surface area contributed by atoms with Crippen LogP contribution in [0.2, 0.25) is 0 Å². The lowest BCUT2D eigenvalue weighted by Crippen LogP contribution is -2.47. The number of rotatable bonds is 6. The first-order valence-electron chi connectivity index (χ1n) is 9.00. The van der Waals surface area contributed by atoms with Gasteiger partial charge in [-0.2, -0.15) is 0 Å². The van der Waals surface area contributed by atoms with Crippen LogP contribution in [0.1, 0.15) is 39.0 Å². The third-order valence-corrected chi connectivity index (χ3v) is 5.04. The maximum Gasteiger partial charge on any atom is 0.323 e. The molecule has 0 aromatic rings. The second-order valence-electron chi connectivity index (χ2n) is 6.70. The predicted octanol–water partition coefficient (Wildman–Crippen LogP) is 1.33. The van der Waals surface area contributed by atoms with Crippen LogP contribution in [-0.4, -0.2) is 63.0 Å². The zero-order chi connectivity index (χ0) is 17.6. The van der Waals surface area contributed by atoms with E-state index in [1.54, 1.807) is 7.05 Å². The average Bonchev–Trinajstić information content (AvgIpc) is 3.02. The fourth-order valence-electron chi connectivity index (χ4n) is 3.94. The Hall–Kier alpha value is -1.18. The minimum Gasteiger partial charge on any atom is -0.348 e. The van der Waals surface area contributed by atoms with Gasteiger partial charge in [-0.15, -0.1) is 0 Å². The van der Waals surface area contributed by atoms with Crippen molar-refractivity contribution in [3.8, 4) is 0 Å². The molecular formula is C17H31N3O4. The first kappa shape index (κ1) is 19.1. The lowest BCUT2D eigenvalue weighted by molar-refractivity contribution is -0.188. The summed E-state index contributed by atoms with van der Waals surface area (Å²) in [5, 5.41) is 5.64. The van der Waals surface area contributed by atoms with Gasteiger partial charge in [0.2, 0.25) is 5.91 Å². The van der Waals surface area contributed by atoms with E-state index < -0.39 is 5.79 Å². The summed E-state index contributed by atoms with van der Waals surface area (Å²) in [6, 6.07) is -0.342. The van der Waals surface area contributed by atoms with Gasteiger partial charge in [-0.05, 0) is 32.7 Å². The highest BCUT2D eigenvalue weighted by molar-refractivity contribution is 5.95. The number of hydrogen-bond acceptors (Lipinski definition) is 5. The second kappa shape index (κ2) is 8.78. The van der Waals surface area contributed by atoms with Crippen molar-refractivity contribution in [2.75, 3.05) is 40.4 Å². The van der Waals surface area contributed by atoms with Gasteiger partial charge in [-0.3, -0.25) is 9.69 Å². The van der Waals surface area contributed by atoms with Crippen molar-refractivity contribution in [1.29, 1.82) is 0 Å². The number of imide groups is 1. The predicted molar refractivity (Wildman–Crippen MR) is 90.5 cm³/mol. The maximum atomic E-state index is 12.8. The first-order valence-corrected chi connectivity index (χ1v) is 9.00. The van der Waals surface area contributed by atoms with Crippen LogP contribution in [0.15, 0.2) is 0 Å². The molecule has 24 heavy (non-hydrogen) atoms. The molecule has 1 spiro atoms. The Morgan fingerprint density at radius 3 is 2.58 bits per heavy atom. The summed E-state index contributed by atoms with van der Waals surface area (Å²) in [6.45, 7) is 4.08. The maximum absolute atomic E-state index is 12.8. The number of carbonyl (C=O) groups excluding carboxylic acids is 2. The molecule has 2 unspecified atom stereocenters. The van der Waals surface area contributed by atoms with Crippen LogP contribution in [0.4, 0.5) is 4.79 Å². The van der Waals surface area contributed by atoms with E-state index in [0.717, 1.165) is 32.1 Å². The van der Waals surface area contributed by atoms with Gasteiger partial charge in [0, 0.05) is 33.0 Å². The van der Waals surface area contributed by atoms with Gasteiger partial charge >= 0.3 is 6.03 Å². The number of amides is 3. The highest BCUT2D eigenvalue weighted by atomic mass is 16.7. The zero-order valence-electron chi connectivity index (χ0n) is 15.1. The Morgan fingerprint density at radius 2 is 2.00 bits per heavy atom. The van der Waals surface area contributed by atoms with Crippen molar-refractivity contribution in [3.05, 3.63) is 0 Å². The molecule has 2 N–H and O–H groups in total. The molecule has 7 nitrogen and oxygen atoms in total. The normalized spacial score (nSPS) is 23.9. The highest BCUT2D eigenvalue weighted by Crippen LogP contribution is 2.41. The Labute approximate surface area is 144 Å². The van der Waals surface area contributed by atoms with Crippen LogP contribution in [-0.2, 0) is 14.3 Å². The van der Waals surface area contributed by atoms with E-state index in [2.05, 4.69) is 10.6 Å². The molecule has 0 aromatic carbocycles. The Morgan fingerprint density at radius 1 is 1.29 bits per heavy atom. The van der Waals surface area contributed by atoms with Gasteiger partial charge in [-0.25, -0.2) is 4.79 Å². The number of ether oxygens (including phenoxy) is 2. The van der Waals surface area contributed by atoms with E-state index in [-0.39, 0.29) is 17.9 Å². The molecule has 0 radical (unpaired) electrons. The number of nitrogens with one attached hydrogen (secondary N) is 2. The van der Waals surface area contributed by atoms with Crippen LogP contribution in [0.3, 0.4) is 0 Å². The molecule has 2 aliphatic rings. The molecular weight excluding hydrogens is 310 g/mol. The number of urea groups is 1. The quantitative estimate of drug-likeness (QED) is 0.762. The summed E-state index contributed by atoms with van der Waals surface area (Å²) in [5.74, 6) is -0.378. The molecule has 1 heterocycles. The fourth-order valence-corrected chi connectivity index (χ4v) is 3.94. The summed E-state index contributed by atoms with van der Waals surface area (Å²) in [7, 11) is 3.38. The molecule has 1 saturated heterocycles. The second-order valence-corrected chi connectivity index (χ2v) is 6.70. The number of hydrogen-bond donors (Lipinski definition) is 2. The number of nitrogens with zero attached hydrogens (tertiary/aromatic N) is 1. The molecule has 2 fully saturated rings. The molecule has 0 bridgehead atoms. The van der Waals surface area contributed by atoms with Crippen LogP contribution < -0.4 is 10.6 Å². The topological polar surface area (TPSA) is 79.9 Å². The molecule has 2 atom stereocenters. The largest absolute Gasteiger partial charge is 0.348 e. The minimum absolute atomic E-state index is 0.112. The van der Waals surface area contributed by atoms with Crippen LogP contribution in [0, 0.1) is 11.8 Å². The van der Waals surface area contributed by atoms with E-state index in [9.17, 15) is 9.59 Å². The molecule has 0 aromatic heterocycles. The van der Waals surface area contributed by atoms with E-state index in [4.69, 9.17) is 9.47 Å². The third-order valence-electron chi connectivity index (χ3n) is 5.04. The van der Waals surface area contributed by atoms with Crippen molar-refractivity contribution < 1.29 is 19.1 Å². The molecule has 138 valence electrons. The van der Waals surface area contributed by atoms with Gasteiger partial charge in [-0.1, -0.05) is 6.42 Å². The van der Waals surface area contributed by atoms with E-state index in [0.29, 0.717) is 32.2 Å².